The van der Waals surface area contributed by atoms with Gasteiger partial charge in [-0.1, -0.05) is 42.5 Å². The topological polar surface area (TPSA) is 87.7 Å². The number of hydrogen-bond acceptors (Lipinski definition) is 5. The number of benzene rings is 3. The number of nitrogens with zero attached hydrogens (tertiary/aromatic N) is 1. The van der Waals surface area contributed by atoms with Gasteiger partial charge in [0.15, 0.2) is 6.61 Å². The van der Waals surface area contributed by atoms with E-state index in [2.05, 4.69) is 10.6 Å². The predicted molar refractivity (Wildman–Crippen MR) is 120 cm³/mol. The van der Waals surface area contributed by atoms with Crippen LogP contribution in [0.15, 0.2) is 66.7 Å². The van der Waals surface area contributed by atoms with Gasteiger partial charge in [-0.25, -0.2) is 0 Å². The number of amides is 2. The molecule has 3 aromatic carbocycles. The van der Waals surface area contributed by atoms with Crippen LogP contribution in [0.3, 0.4) is 0 Å². The summed E-state index contributed by atoms with van der Waals surface area (Å²) in [5, 5.41) is 7.17. The van der Waals surface area contributed by atoms with Gasteiger partial charge in [-0.15, -0.1) is 0 Å². The van der Waals surface area contributed by atoms with E-state index in [1.54, 1.807) is 12.1 Å². The fourth-order valence-electron chi connectivity index (χ4n) is 2.95. The molecule has 0 saturated heterocycles. The summed E-state index contributed by atoms with van der Waals surface area (Å²) in [6.07, 6.45) is 0. The maximum atomic E-state index is 12.3. The second kappa shape index (κ2) is 10.2. The summed E-state index contributed by atoms with van der Waals surface area (Å²) in [6.45, 7) is -0.381. The Bertz CT molecular complexity index is 1080. The van der Waals surface area contributed by atoms with Gasteiger partial charge in [0.2, 0.25) is 0 Å². The van der Waals surface area contributed by atoms with Crippen molar-refractivity contribution in [1.82, 2.24) is 10.6 Å². The molecule has 0 radical (unpaired) electrons. The van der Waals surface area contributed by atoms with E-state index in [9.17, 15) is 14.4 Å². The second-order valence-electron chi connectivity index (χ2n) is 7.24. The average Bonchev–Trinajstić information content (AvgIpc) is 2.79. The smallest absolute Gasteiger partial charge is 0.325 e. The Morgan fingerprint density at radius 3 is 2.29 bits per heavy atom. The SMILES string of the molecule is CN(C)c1ccc(CNC(=O)COC(=O)CNC(=O)c2ccc3ccccc3c2)cc1. The van der Waals surface area contributed by atoms with Gasteiger partial charge in [0, 0.05) is 31.9 Å². The number of carbonyl (C=O) groups is 3. The van der Waals surface area contributed by atoms with Gasteiger partial charge in [-0.05, 0) is 40.6 Å². The Morgan fingerprint density at radius 1 is 0.871 bits per heavy atom. The van der Waals surface area contributed by atoms with Gasteiger partial charge < -0.3 is 20.3 Å². The zero-order valence-corrected chi connectivity index (χ0v) is 17.6. The highest BCUT2D eigenvalue weighted by Crippen LogP contribution is 2.15. The maximum absolute atomic E-state index is 12.3. The number of ether oxygens (including phenoxy) is 1. The second-order valence-corrected chi connectivity index (χ2v) is 7.24. The standard InChI is InChI=1S/C24H25N3O4/c1-27(2)21-11-7-17(8-12-21)14-25-22(28)16-31-23(29)15-26-24(30)20-10-9-18-5-3-4-6-19(18)13-20/h3-13H,14-16H2,1-2H3,(H,25,28)(H,26,30). The molecule has 0 heterocycles. The fraction of sp³-hybridized carbons (Fsp3) is 0.208. The van der Waals surface area contributed by atoms with Crippen molar-refractivity contribution in [2.45, 2.75) is 6.54 Å². The zero-order valence-electron chi connectivity index (χ0n) is 17.6. The summed E-state index contributed by atoms with van der Waals surface area (Å²) < 4.78 is 4.93. The molecule has 0 bridgehead atoms. The molecule has 7 heteroatoms. The molecule has 0 saturated carbocycles. The third-order valence-corrected chi connectivity index (χ3v) is 4.71. The molecular weight excluding hydrogens is 394 g/mol. The first-order valence-electron chi connectivity index (χ1n) is 9.88. The molecule has 3 aromatic rings. The minimum absolute atomic E-state index is 0.315. The predicted octanol–water partition coefficient (Wildman–Crippen LogP) is 2.50. The normalized spacial score (nSPS) is 10.4. The number of esters is 1. The van der Waals surface area contributed by atoms with E-state index in [0.717, 1.165) is 22.0 Å². The van der Waals surface area contributed by atoms with Crippen LogP contribution in [0.1, 0.15) is 15.9 Å². The molecule has 0 aliphatic rings. The van der Waals surface area contributed by atoms with Gasteiger partial charge in [0.05, 0.1) is 0 Å². The highest BCUT2D eigenvalue weighted by molar-refractivity contribution is 5.99. The molecule has 0 spiro atoms. The number of hydrogen-bond donors (Lipinski definition) is 2. The van der Waals surface area contributed by atoms with Crippen molar-refractivity contribution in [2.75, 3.05) is 32.1 Å². The number of anilines is 1. The van der Waals surface area contributed by atoms with Crippen molar-refractivity contribution in [3.63, 3.8) is 0 Å². The first kappa shape index (κ1) is 21.8. The van der Waals surface area contributed by atoms with E-state index in [0.29, 0.717) is 12.1 Å². The van der Waals surface area contributed by atoms with Crippen molar-refractivity contribution < 1.29 is 19.1 Å². The largest absolute Gasteiger partial charge is 0.454 e. The van der Waals surface area contributed by atoms with E-state index in [1.807, 2.05) is 73.6 Å². The van der Waals surface area contributed by atoms with Crippen LogP contribution < -0.4 is 15.5 Å². The quantitative estimate of drug-likeness (QED) is 0.548. The summed E-state index contributed by atoms with van der Waals surface area (Å²) in [6, 6.07) is 20.7. The lowest BCUT2D eigenvalue weighted by Crippen LogP contribution is -2.33. The average molecular weight is 419 g/mol. The maximum Gasteiger partial charge on any atom is 0.325 e. The van der Waals surface area contributed by atoms with Gasteiger partial charge in [-0.2, -0.15) is 0 Å². The van der Waals surface area contributed by atoms with Crippen LogP contribution in [0.25, 0.3) is 10.8 Å². The van der Waals surface area contributed by atoms with Crippen LogP contribution in [0, 0.1) is 0 Å². The first-order chi connectivity index (χ1) is 14.9. The Kier molecular flexibility index (Phi) is 7.22. The van der Waals surface area contributed by atoms with Crippen LogP contribution in [0.4, 0.5) is 5.69 Å². The van der Waals surface area contributed by atoms with Crippen molar-refractivity contribution in [2.24, 2.45) is 0 Å². The van der Waals surface area contributed by atoms with Gasteiger partial charge in [0.25, 0.3) is 11.8 Å². The first-order valence-corrected chi connectivity index (χ1v) is 9.88. The molecule has 0 aliphatic heterocycles. The van der Waals surface area contributed by atoms with E-state index < -0.39 is 18.5 Å². The Morgan fingerprint density at radius 2 is 1.58 bits per heavy atom. The molecule has 31 heavy (non-hydrogen) atoms. The summed E-state index contributed by atoms with van der Waals surface area (Å²) in [5.41, 5.74) is 2.45. The molecule has 3 rings (SSSR count). The minimum Gasteiger partial charge on any atom is -0.454 e. The Hall–Kier alpha value is -3.87. The van der Waals surface area contributed by atoms with Gasteiger partial charge in [-0.3, -0.25) is 14.4 Å². The summed E-state index contributed by atoms with van der Waals surface area (Å²) in [4.78, 5) is 38.0. The lowest BCUT2D eigenvalue weighted by Gasteiger charge is -2.13. The lowest BCUT2D eigenvalue weighted by molar-refractivity contribution is -0.147. The van der Waals surface area contributed by atoms with Crippen molar-refractivity contribution >= 4 is 34.2 Å². The molecule has 160 valence electrons. The van der Waals surface area contributed by atoms with Crippen LogP contribution >= 0.6 is 0 Å². The minimum atomic E-state index is -0.681. The molecule has 0 aromatic heterocycles. The van der Waals surface area contributed by atoms with Crippen LogP contribution in [0.2, 0.25) is 0 Å². The third kappa shape index (κ3) is 6.30. The molecule has 2 amide bonds. The monoisotopic (exact) mass is 419 g/mol. The number of fused-ring (bicyclic) bond motifs is 1. The Balaban J connectivity index is 1.38. The third-order valence-electron chi connectivity index (χ3n) is 4.71. The van der Waals surface area contributed by atoms with Crippen molar-refractivity contribution in [3.05, 3.63) is 77.9 Å². The fourth-order valence-corrected chi connectivity index (χ4v) is 2.95. The van der Waals surface area contributed by atoms with Gasteiger partial charge in [0.1, 0.15) is 6.54 Å². The zero-order chi connectivity index (χ0) is 22.2. The number of rotatable bonds is 8. The van der Waals surface area contributed by atoms with E-state index in [4.69, 9.17) is 4.74 Å². The van der Waals surface area contributed by atoms with E-state index >= 15 is 0 Å². The number of carbonyl (C=O) groups excluding carboxylic acids is 3. The molecule has 0 unspecified atom stereocenters. The Labute approximate surface area is 181 Å². The van der Waals surface area contributed by atoms with Gasteiger partial charge >= 0.3 is 5.97 Å². The molecule has 0 fully saturated rings. The summed E-state index contributed by atoms with van der Waals surface area (Å²) in [5.74, 6) is -1.47. The highest BCUT2D eigenvalue weighted by Gasteiger charge is 2.11. The van der Waals surface area contributed by atoms with Crippen LogP contribution in [0.5, 0.6) is 0 Å². The molecule has 7 nitrogen and oxygen atoms in total. The van der Waals surface area contributed by atoms with Crippen LogP contribution in [-0.4, -0.2) is 45.0 Å². The molecule has 0 atom stereocenters. The van der Waals surface area contributed by atoms with Crippen molar-refractivity contribution in [3.8, 4) is 0 Å². The van der Waals surface area contributed by atoms with Crippen molar-refractivity contribution in [1.29, 1.82) is 0 Å². The molecule has 0 aliphatic carbocycles. The highest BCUT2D eigenvalue weighted by atomic mass is 16.5. The van der Waals surface area contributed by atoms with E-state index in [-0.39, 0.29) is 12.5 Å². The lowest BCUT2D eigenvalue weighted by atomic mass is 10.1. The summed E-state index contributed by atoms with van der Waals surface area (Å²) >= 11 is 0. The van der Waals surface area contributed by atoms with Crippen LogP contribution in [-0.2, 0) is 20.9 Å². The molecular formula is C24H25N3O4. The molecule has 2 N–H and O–H groups in total. The number of nitrogens with one attached hydrogen (secondary N) is 2. The summed E-state index contributed by atoms with van der Waals surface area (Å²) in [7, 11) is 3.91. The van der Waals surface area contributed by atoms with E-state index in [1.165, 1.54) is 0 Å².